The van der Waals surface area contributed by atoms with Crippen molar-refractivity contribution in [3.63, 3.8) is 0 Å². The van der Waals surface area contributed by atoms with Gasteiger partial charge in [0.2, 0.25) is 0 Å². The van der Waals surface area contributed by atoms with Crippen molar-refractivity contribution in [2.45, 2.75) is 6.55 Å². The lowest BCUT2D eigenvalue weighted by molar-refractivity contribution is 2.25. The van der Waals surface area contributed by atoms with Crippen molar-refractivity contribution in [1.29, 1.82) is 0 Å². The molecule has 0 spiro atoms. The summed E-state index contributed by atoms with van der Waals surface area (Å²) in [4.78, 5) is 0. The highest BCUT2D eigenvalue weighted by molar-refractivity contribution is 7.07. The summed E-state index contributed by atoms with van der Waals surface area (Å²) in [7, 11) is -0.917. The van der Waals surface area contributed by atoms with Gasteiger partial charge in [-0.25, -0.2) is 0 Å². The Morgan fingerprint density at radius 3 is 2.00 bits per heavy atom. The zero-order valence-electron chi connectivity index (χ0n) is 2.66. The van der Waals surface area contributed by atoms with Gasteiger partial charge in [-0.2, -0.15) is 0 Å². The Morgan fingerprint density at radius 1 is 2.00 bits per heavy atom. The second kappa shape index (κ2) is 1.67. The van der Waals surface area contributed by atoms with Crippen LogP contribution in [0.1, 0.15) is 0 Å². The zero-order chi connectivity index (χ0) is 3.58. The van der Waals surface area contributed by atoms with Crippen LogP contribution in [0, 0.1) is 6.55 Å². The number of halogens is 1. The average molecular weight is 93.6 g/mol. The smallest absolute Gasteiger partial charge is 0.111 e. The first kappa shape index (κ1) is 4.38. The summed E-state index contributed by atoms with van der Waals surface area (Å²) in [5, 5.41) is 0. The van der Waals surface area contributed by atoms with Crippen LogP contribution in [0.5, 0.6) is 0 Å². The lowest BCUT2D eigenvalue weighted by atomic mass is 11.9. The molecule has 0 saturated carbocycles. The molecule has 1 atom stereocenters. The second-order valence-electron chi connectivity index (χ2n) is 0.781. The third-order valence-electron chi connectivity index (χ3n) is 0. The van der Waals surface area contributed by atoms with E-state index < -0.39 is 8.11 Å². The van der Waals surface area contributed by atoms with Crippen molar-refractivity contribution in [3.05, 3.63) is 6.55 Å². The standard InChI is InChI=1S/C2H6ClSi/c1-4(2)3/h4H,1H2,2H3/q+1. The molecule has 0 nitrogen and oxygen atoms in total. The molecule has 0 aromatic rings. The van der Waals surface area contributed by atoms with Gasteiger partial charge in [-0.05, 0) is 6.55 Å². The molecule has 0 aliphatic carbocycles. The summed E-state index contributed by atoms with van der Waals surface area (Å²) in [5.74, 6) is 0. The van der Waals surface area contributed by atoms with E-state index in [1.54, 1.807) is 0 Å². The zero-order valence-corrected chi connectivity index (χ0v) is 4.57. The van der Waals surface area contributed by atoms with Gasteiger partial charge in [0.1, 0.15) is 0 Å². The van der Waals surface area contributed by atoms with Crippen LogP contribution in [0.2, 0.25) is 6.55 Å². The molecule has 1 unspecified atom stereocenters. The topological polar surface area (TPSA) is 0 Å². The number of hydrogen-bond acceptors (Lipinski definition) is 0. The first-order valence-electron chi connectivity index (χ1n) is 1.20. The van der Waals surface area contributed by atoms with Gasteiger partial charge in [0.15, 0.2) is 0 Å². The van der Waals surface area contributed by atoms with Crippen molar-refractivity contribution >= 4 is 19.2 Å². The van der Waals surface area contributed by atoms with E-state index in [0.29, 0.717) is 0 Å². The molecule has 0 aliphatic rings. The molecular formula is C2H6ClSi+. The summed E-state index contributed by atoms with van der Waals surface area (Å²) in [6.45, 7) is 5.50. The maximum Gasteiger partial charge on any atom is 0.343 e. The molecule has 0 bridgehead atoms. The van der Waals surface area contributed by atoms with E-state index in [0.717, 1.165) is 0 Å². The molecule has 0 amide bonds. The number of hydrogen-bond donors (Lipinski definition) is 0. The molecule has 0 saturated heterocycles. The van der Waals surface area contributed by atoms with Crippen LogP contribution < -0.4 is 0 Å². The van der Waals surface area contributed by atoms with E-state index in [-0.39, 0.29) is 0 Å². The summed E-state index contributed by atoms with van der Waals surface area (Å²) >= 11 is 5.30. The molecule has 0 aromatic carbocycles. The maximum absolute atomic E-state index is 5.30. The predicted octanol–water partition coefficient (Wildman–Crippen LogP) is 0.952. The summed E-state index contributed by atoms with van der Waals surface area (Å²) in [6.07, 6.45) is 0. The monoisotopic (exact) mass is 93.0 g/mol. The highest BCUT2D eigenvalue weighted by atomic mass is 35.6. The Kier molecular flexibility index (Phi) is 1.83. The molecule has 0 fully saturated rings. The van der Waals surface area contributed by atoms with Crippen LogP contribution in [-0.2, 0) is 0 Å². The third-order valence-corrected chi connectivity index (χ3v) is 0. The van der Waals surface area contributed by atoms with Crippen molar-refractivity contribution in [2.75, 3.05) is 0 Å². The number of rotatable bonds is 0. The minimum atomic E-state index is -0.917. The first-order chi connectivity index (χ1) is 1.73. The molecular weight excluding hydrogens is 87.6 g/mol. The Morgan fingerprint density at radius 2 is 2.00 bits per heavy atom. The van der Waals surface area contributed by atoms with E-state index in [1.165, 1.54) is 0 Å². The van der Waals surface area contributed by atoms with Crippen molar-refractivity contribution in [2.24, 2.45) is 0 Å². The highest BCUT2D eigenvalue weighted by Crippen LogP contribution is 1.77. The minimum absolute atomic E-state index is 0.917. The Labute approximate surface area is 33.1 Å². The van der Waals surface area contributed by atoms with E-state index in [2.05, 4.69) is 6.55 Å². The minimum Gasteiger partial charge on any atom is -0.111 e. The molecule has 24 valence electrons. The van der Waals surface area contributed by atoms with Crippen molar-refractivity contribution in [3.8, 4) is 0 Å². The van der Waals surface area contributed by atoms with Gasteiger partial charge in [-0.1, -0.05) is 0 Å². The van der Waals surface area contributed by atoms with E-state index in [4.69, 9.17) is 11.1 Å². The summed E-state index contributed by atoms with van der Waals surface area (Å²) < 4.78 is 0. The van der Waals surface area contributed by atoms with Crippen LogP contribution in [-0.4, -0.2) is 8.11 Å². The SMILES string of the molecule is [CH2+][SiH](C)Cl. The maximum atomic E-state index is 5.30. The van der Waals surface area contributed by atoms with Gasteiger partial charge in [0.05, 0.1) is 0 Å². The lowest BCUT2D eigenvalue weighted by Gasteiger charge is -1.59. The van der Waals surface area contributed by atoms with Gasteiger partial charge in [-0.15, -0.1) is 11.1 Å². The van der Waals surface area contributed by atoms with Crippen LogP contribution in [0.15, 0.2) is 0 Å². The van der Waals surface area contributed by atoms with Crippen LogP contribution in [0.25, 0.3) is 0 Å². The first-order valence-corrected chi connectivity index (χ1v) is 4.92. The van der Waals surface area contributed by atoms with Gasteiger partial charge >= 0.3 is 8.11 Å². The Bertz CT molecular complexity index is 10.8. The van der Waals surface area contributed by atoms with Gasteiger partial charge < -0.3 is 0 Å². The fourth-order valence-electron chi connectivity index (χ4n) is 0. The Balaban J connectivity index is 2.32. The second-order valence-corrected chi connectivity index (χ2v) is 4.58. The molecule has 0 heterocycles. The molecule has 0 aromatic heterocycles. The Hall–Kier alpha value is 0.377. The molecule has 0 radical (unpaired) electrons. The van der Waals surface area contributed by atoms with E-state index in [1.807, 2.05) is 6.55 Å². The summed E-state index contributed by atoms with van der Waals surface area (Å²) in [5.41, 5.74) is 0. The molecule has 0 rings (SSSR count). The van der Waals surface area contributed by atoms with Crippen LogP contribution in [0.4, 0.5) is 0 Å². The lowest BCUT2D eigenvalue weighted by Crippen LogP contribution is -1.81. The quantitative estimate of drug-likeness (QED) is 0.238. The molecule has 0 aliphatic heterocycles. The van der Waals surface area contributed by atoms with Crippen LogP contribution in [0.3, 0.4) is 0 Å². The fourth-order valence-corrected chi connectivity index (χ4v) is 0. The van der Waals surface area contributed by atoms with Crippen LogP contribution >= 0.6 is 11.1 Å². The fraction of sp³-hybridized carbons (Fsp3) is 0.500. The van der Waals surface area contributed by atoms with Gasteiger partial charge in [0, 0.05) is 6.55 Å². The molecule has 2 heteroatoms. The summed E-state index contributed by atoms with van der Waals surface area (Å²) in [6, 6.07) is 0. The molecule has 4 heavy (non-hydrogen) atoms. The normalized spacial score (nSPS) is 15.5. The third kappa shape index (κ3) is 31.7. The molecule has 0 N–H and O–H groups in total. The van der Waals surface area contributed by atoms with Crippen molar-refractivity contribution in [1.82, 2.24) is 0 Å². The predicted molar refractivity (Wildman–Crippen MR) is 24.2 cm³/mol. The highest BCUT2D eigenvalue weighted by Gasteiger charge is 1.90. The van der Waals surface area contributed by atoms with Gasteiger partial charge in [0.25, 0.3) is 0 Å². The van der Waals surface area contributed by atoms with E-state index >= 15 is 0 Å². The average Bonchev–Trinajstić information content (AvgIpc) is 0.811. The van der Waals surface area contributed by atoms with E-state index in [9.17, 15) is 0 Å². The van der Waals surface area contributed by atoms with Gasteiger partial charge in [-0.3, -0.25) is 0 Å². The van der Waals surface area contributed by atoms with Crippen molar-refractivity contribution < 1.29 is 0 Å². The largest absolute Gasteiger partial charge is 0.343 e.